The summed E-state index contributed by atoms with van der Waals surface area (Å²) >= 11 is 5.51. The van der Waals surface area contributed by atoms with Gasteiger partial charge in [0.05, 0.1) is 0 Å². The van der Waals surface area contributed by atoms with Gasteiger partial charge < -0.3 is 10.2 Å². The molecule has 0 atom stereocenters. The second kappa shape index (κ2) is 8.41. The highest BCUT2D eigenvalue weighted by atomic mass is 32.1. The first-order valence-electron chi connectivity index (χ1n) is 8.66. The first kappa shape index (κ1) is 17.8. The summed E-state index contributed by atoms with van der Waals surface area (Å²) in [7, 11) is 0. The minimum Gasteiger partial charge on any atom is -0.358 e. The van der Waals surface area contributed by atoms with Crippen molar-refractivity contribution in [3.05, 3.63) is 71.0 Å². The molecule has 2 aromatic carbocycles. The first-order valence-corrected chi connectivity index (χ1v) is 9.07. The Labute approximate surface area is 154 Å². The average Bonchev–Trinajstić information content (AvgIpc) is 2.63. The Morgan fingerprint density at radius 1 is 1.04 bits per heavy atom. The van der Waals surface area contributed by atoms with Gasteiger partial charge in [-0.1, -0.05) is 36.4 Å². The quantitative estimate of drug-likeness (QED) is 0.846. The van der Waals surface area contributed by atoms with Gasteiger partial charge in [-0.3, -0.25) is 4.90 Å². The van der Waals surface area contributed by atoms with Gasteiger partial charge in [-0.25, -0.2) is 4.39 Å². The maximum Gasteiger partial charge on any atom is 0.169 e. The minimum atomic E-state index is -0.212. The lowest BCUT2D eigenvalue weighted by Crippen LogP contribution is -2.51. The van der Waals surface area contributed by atoms with E-state index in [1.54, 1.807) is 12.1 Å². The lowest BCUT2D eigenvalue weighted by molar-refractivity contribution is 0.174. The van der Waals surface area contributed by atoms with Crippen LogP contribution in [0.3, 0.4) is 0 Å². The molecule has 3 nitrogen and oxygen atoms in total. The van der Waals surface area contributed by atoms with Crippen LogP contribution in [0.5, 0.6) is 0 Å². The van der Waals surface area contributed by atoms with Crippen molar-refractivity contribution in [1.29, 1.82) is 0 Å². The van der Waals surface area contributed by atoms with Crippen LogP contribution >= 0.6 is 12.2 Å². The van der Waals surface area contributed by atoms with E-state index in [0.717, 1.165) is 43.4 Å². The molecule has 1 fully saturated rings. The van der Waals surface area contributed by atoms with E-state index < -0.39 is 0 Å². The van der Waals surface area contributed by atoms with E-state index in [4.69, 9.17) is 12.2 Å². The molecule has 0 bridgehead atoms. The third kappa shape index (κ3) is 5.00. The molecule has 2 aromatic rings. The van der Waals surface area contributed by atoms with Gasteiger partial charge in [0, 0.05) is 39.3 Å². The van der Waals surface area contributed by atoms with Gasteiger partial charge >= 0.3 is 0 Å². The Kier molecular flexibility index (Phi) is 6.00. The minimum absolute atomic E-state index is 0.212. The zero-order valence-corrected chi connectivity index (χ0v) is 15.4. The molecule has 0 radical (unpaired) electrons. The molecule has 3 rings (SSSR count). The summed E-state index contributed by atoms with van der Waals surface area (Å²) in [5.74, 6) is -0.212. The average molecular weight is 357 g/mol. The summed E-state index contributed by atoms with van der Waals surface area (Å²) in [4.78, 5) is 4.69. The van der Waals surface area contributed by atoms with Crippen LogP contribution in [0.4, 0.5) is 4.39 Å². The number of nitrogens with one attached hydrogen (secondary N) is 1. The number of benzene rings is 2. The summed E-state index contributed by atoms with van der Waals surface area (Å²) in [6.45, 7) is 7.67. The number of nitrogens with zero attached hydrogens (tertiary/aromatic N) is 2. The Bertz CT molecular complexity index is 709. The van der Waals surface area contributed by atoms with Gasteiger partial charge in [-0.05, 0) is 48.0 Å². The van der Waals surface area contributed by atoms with E-state index in [-0.39, 0.29) is 5.82 Å². The first-order chi connectivity index (χ1) is 12.1. The van der Waals surface area contributed by atoms with E-state index in [1.165, 1.54) is 23.3 Å². The number of hydrogen-bond donors (Lipinski definition) is 1. The predicted octanol–water partition coefficient (Wildman–Crippen LogP) is 3.33. The van der Waals surface area contributed by atoms with Crippen molar-refractivity contribution in [2.24, 2.45) is 0 Å². The lowest BCUT2D eigenvalue weighted by atomic mass is 10.1. The smallest absolute Gasteiger partial charge is 0.169 e. The molecule has 0 aliphatic carbocycles. The van der Waals surface area contributed by atoms with Crippen molar-refractivity contribution < 1.29 is 4.39 Å². The van der Waals surface area contributed by atoms with Crippen molar-refractivity contribution in [2.75, 3.05) is 26.2 Å². The molecule has 0 saturated carbocycles. The predicted molar refractivity (Wildman–Crippen MR) is 104 cm³/mol. The summed E-state index contributed by atoms with van der Waals surface area (Å²) in [5, 5.41) is 4.06. The van der Waals surface area contributed by atoms with E-state index in [1.807, 2.05) is 0 Å². The van der Waals surface area contributed by atoms with Crippen LogP contribution in [0, 0.1) is 12.7 Å². The summed E-state index contributed by atoms with van der Waals surface area (Å²) in [6.07, 6.45) is 0. The topological polar surface area (TPSA) is 18.5 Å². The van der Waals surface area contributed by atoms with Crippen molar-refractivity contribution in [3.8, 4) is 0 Å². The van der Waals surface area contributed by atoms with E-state index in [2.05, 4.69) is 46.3 Å². The molecule has 0 amide bonds. The Hall–Kier alpha value is -1.98. The number of thiocarbonyl (C=S) groups is 1. The molecule has 0 spiro atoms. The molecule has 1 aliphatic rings. The van der Waals surface area contributed by atoms with Crippen molar-refractivity contribution in [2.45, 2.75) is 20.0 Å². The summed E-state index contributed by atoms with van der Waals surface area (Å²) in [5.41, 5.74) is 3.77. The van der Waals surface area contributed by atoms with E-state index in [0.29, 0.717) is 6.54 Å². The lowest BCUT2D eigenvalue weighted by Gasteiger charge is -2.36. The molecular weight excluding hydrogens is 333 g/mol. The summed E-state index contributed by atoms with van der Waals surface area (Å²) < 4.78 is 12.9. The fourth-order valence-corrected chi connectivity index (χ4v) is 3.28. The van der Waals surface area contributed by atoms with Crippen LogP contribution in [-0.4, -0.2) is 41.1 Å². The molecule has 1 N–H and O–H groups in total. The standard InChI is InChI=1S/C20H24FN3S/c1-16-4-2-3-5-18(16)15-23-10-12-24(13-11-23)20(25)22-14-17-6-8-19(21)9-7-17/h2-9H,10-15H2,1H3,(H,22,25). The van der Waals surface area contributed by atoms with Crippen LogP contribution in [0.25, 0.3) is 0 Å². The van der Waals surface area contributed by atoms with E-state index >= 15 is 0 Å². The van der Waals surface area contributed by atoms with Crippen molar-refractivity contribution in [1.82, 2.24) is 15.1 Å². The van der Waals surface area contributed by atoms with Gasteiger partial charge in [0.15, 0.2) is 5.11 Å². The molecule has 1 aliphatic heterocycles. The van der Waals surface area contributed by atoms with Gasteiger partial charge in [0.2, 0.25) is 0 Å². The maximum absolute atomic E-state index is 12.9. The van der Waals surface area contributed by atoms with Crippen molar-refractivity contribution >= 4 is 17.3 Å². The molecule has 0 unspecified atom stereocenters. The monoisotopic (exact) mass is 357 g/mol. The van der Waals surface area contributed by atoms with Gasteiger partial charge in [-0.15, -0.1) is 0 Å². The van der Waals surface area contributed by atoms with Crippen LogP contribution in [-0.2, 0) is 13.1 Å². The Morgan fingerprint density at radius 2 is 1.72 bits per heavy atom. The number of halogens is 1. The van der Waals surface area contributed by atoms with Crippen LogP contribution in [0.15, 0.2) is 48.5 Å². The van der Waals surface area contributed by atoms with Gasteiger partial charge in [0.1, 0.15) is 5.82 Å². The normalized spacial score (nSPS) is 15.2. The van der Waals surface area contributed by atoms with Crippen LogP contribution < -0.4 is 5.32 Å². The zero-order chi connectivity index (χ0) is 17.6. The second-order valence-electron chi connectivity index (χ2n) is 6.47. The molecule has 132 valence electrons. The Balaban J connectivity index is 1.44. The largest absolute Gasteiger partial charge is 0.358 e. The molecular formula is C20H24FN3S. The van der Waals surface area contributed by atoms with Crippen LogP contribution in [0.2, 0.25) is 0 Å². The fourth-order valence-electron chi connectivity index (χ4n) is 3.03. The number of piperazine rings is 1. The molecule has 0 aromatic heterocycles. The molecule has 1 heterocycles. The summed E-state index contributed by atoms with van der Waals surface area (Å²) in [6, 6.07) is 15.1. The highest BCUT2D eigenvalue weighted by molar-refractivity contribution is 7.80. The van der Waals surface area contributed by atoms with Gasteiger partial charge in [-0.2, -0.15) is 0 Å². The highest BCUT2D eigenvalue weighted by Gasteiger charge is 2.19. The SMILES string of the molecule is Cc1ccccc1CN1CCN(C(=S)NCc2ccc(F)cc2)CC1. The third-order valence-electron chi connectivity index (χ3n) is 4.67. The third-order valence-corrected chi connectivity index (χ3v) is 5.07. The van der Waals surface area contributed by atoms with Crippen molar-refractivity contribution in [3.63, 3.8) is 0 Å². The number of aryl methyl sites for hydroxylation is 1. The highest BCUT2D eigenvalue weighted by Crippen LogP contribution is 2.12. The maximum atomic E-state index is 12.9. The zero-order valence-electron chi connectivity index (χ0n) is 14.5. The fraction of sp³-hybridized carbons (Fsp3) is 0.350. The molecule has 1 saturated heterocycles. The number of hydrogen-bond acceptors (Lipinski definition) is 2. The van der Waals surface area contributed by atoms with Crippen LogP contribution in [0.1, 0.15) is 16.7 Å². The molecule has 5 heteroatoms. The number of rotatable bonds is 4. The Morgan fingerprint density at radius 3 is 2.40 bits per heavy atom. The second-order valence-corrected chi connectivity index (χ2v) is 6.86. The van der Waals surface area contributed by atoms with Gasteiger partial charge in [0.25, 0.3) is 0 Å². The van der Waals surface area contributed by atoms with E-state index in [9.17, 15) is 4.39 Å². The molecule has 25 heavy (non-hydrogen) atoms.